The predicted molar refractivity (Wildman–Crippen MR) is 56.5 cm³/mol. The molecule has 0 atom stereocenters. The summed E-state index contributed by atoms with van der Waals surface area (Å²) >= 11 is 0. The van der Waals surface area contributed by atoms with E-state index in [1.807, 2.05) is 0 Å². The topological polar surface area (TPSA) is 64.8 Å². The molecular weight excluding hydrogens is 196 g/mol. The predicted octanol–water partition coefficient (Wildman–Crippen LogP) is -0.401. The van der Waals surface area contributed by atoms with E-state index in [4.69, 9.17) is 15.2 Å². The third-order valence-electron chi connectivity index (χ3n) is 2.78. The number of ether oxygens (including phenoxy) is 2. The minimum atomic E-state index is -0.357. The number of carbonyl (C=O) groups is 1. The van der Waals surface area contributed by atoms with Gasteiger partial charge in [0.2, 0.25) is 5.91 Å². The lowest BCUT2D eigenvalue weighted by molar-refractivity contribution is -0.148. The highest BCUT2D eigenvalue weighted by atomic mass is 16.5. The van der Waals surface area contributed by atoms with E-state index < -0.39 is 0 Å². The van der Waals surface area contributed by atoms with Crippen molar-refractivity contribution in [2.75, 3.05) is 40.5 Å². The van der Waals surface area contributed by atoms with Gasteiger partial charge in [-0.2, -0.15) is 0 Å². The number of nitrogens with zero attached hydrogens (tertiary/aromatic N) is 1. The Bertz CT molecular complexity index is 213. The maximum atomic E-state index is 11.4. The van der Waals surface area contributed by atoms with Crippen molar-refractivity contribution in [3.05, 3.63) is 0 Å². The Balaban J connectivity index is 2.42. The van der Waals surface area contributed by atoms with Gasteiger partial charge in [0, 0.05) is 46.7 Å². The highest BCUT2D eigenvalue weighted by molar-refractivity contribution is 5.76. The highest BCUT2D eigenvalue weighted by Gasteiger charge is 2.32. The van der Waals surface area contributed by atoms with Crippen molar-refractivity contribution in [1.29, 1.82) is 0 Å². The summed E-state index contributed by atoms with van der Waals surface area (Å²) in [4.78, 5) is 12.9. The molecule has 15 heavy (non-hydrogen) atoms. The van der Waals surface area contributed by atoms with E-state index in [2.05, 4.69) is 0 Å². The number of rotatable bonds is 4. The molecule has 0 saturated carbocycles. The van der Waals surface area contributed by atoms with Crippen LogP contribution in [0.15, 0.2) is 0 Å². The molecule has 0 radical (unpaired) electrons. The summed E-state index contributed by atoms with van der Waals surface area (Å²) in [7, 11) is 3.43. The molecule has 0 spiro atoms. The molecule has 5 nitrogen and oxygen atoms in total. The van der Waals surface area contributed by atoms with Gasteiger partial charge in [0.25, 0.3) is 0 Å². The molecule has 1 aliphatic rings. The summed E-state index contributed by atoms with van der Waals surface area (Å²) in [5.74, 6) is -0.0330. The minimum Gasteiger partial charge on any atom is -0.381 e. The summed E-state index contributed by atoms with van der Waals surface area (Å²) in [5, 5.41) is 0. The van der Waals surface area contributed by atoms with Crippen molar-refractivity contribution in [2.45, 2.75) is 18.4 Å². The van der Waals surface area contributed by atoms with Gasteiger partial charge in [0.1, 0.15) is 6.61 Å². The van der Waals surface area contributed by atoms with Crippen molar-refractivity contribution < 1.29 is 14.3 Å². The van der Waals surface area contributed by atoms with Gasteiger partial charge in [-0.25, -0.2) is 0 Å². The third-order valence-corrected chi connectivity index (χ3v) is 2.78. The first-order chi connectivity index (χ1) is 7.09. The molecule has 1 saturated heterocycles. The van der Waals surface area contributed by atoms with Gasteiger partial charge in [-0.3, -0.25) is 4.79 Å². The van der Waals surface area contributed by atoms with Crippen LogP contribution in [0.5, 0.6) is 0 Å². The Kier molecular flexibility index (Phi) is 4.50. The van der Waals surface area contributed by atoms with E-state index in [0.29, 0.717) is 19.8 Å². The first-order valence-corrected chi connectivity index (χ1v) is 5.21. The van der Waals surface area contributed by atoms with E-state index in [1.165, 1.54) is 4.90 Å². The summed E-state index contributed by atoms with van der Waals surface area (Å²) in [6.45, 7) is 1.86. The standard InChI is InChI=1S/C10H20N2O3/c1-12(2)9(13)7-15-10(8-11)3-5-14-6-4-10/h3-8,11H2,1-2H3. The van der Waals surface area contributed by atoms with Crippen LogP contribution in [0.3, 0.4) is 0 Å². The number of nitrogens with two attached hydrogens (primary N) is 1. The quantitative estimate of drug-likeness (QED) is 0.694. The van der Waals surface area contributed by atoms with Crippen LogP contribution in [0, 0.1) is 0 Å². The first kappa shape index (κ1) is 12.4. The Morgan fingerprint density at radius 1 is 1.47 bits per heavy atom. The average Bonchev–Trinajstić information content (AvgIpc) is 2.27. The fraction of sp³-hybridized carbons (Fsp3) is 0.900. The Labute approximate surface area is 90.5 Å². The van der Waals surface area contributed by atoms with Gasteiger partial charge in [-0.1, -0.05) is 0 Å². The molecule has 0 aliphatic carbocycles. The van der Waals surface area contributed by atoms with Crippen LogP contribution < -0.4 is 5.73 Å². The van der Waals surface area contributed by atoms with Crippen LogP contribution in [0.1, 0.15) is 12.8 Å². The average molecular weight is 216 g/mol. The van der Waals surface area contributed by atoms with Gasteiger partial charge in [0.15, 0.2) is 0 Å². The van der Waals surface area contributed by atoms with Crippen molar-refractivity contribution in [1.82, 2.24) is 4.90 Å². The van der Waals surface area contributed by atoms with Crippen LogP contribution in [-0.4, -0.2) is 56.9 Å². The lowest BCUT2D eigenvalue weighted by atomic mass is 9.94. The zero-order valence-corrected chi connectivity index (χ0v) is 9.49. The van der Waals surface area contributed by atoms with E-state index in [-0.39, 0.29) is 18.1 Å². The third kappa shape index (κ3) is 3.44. The lowest BCUT2D eigenvalue weighted by Crippen LogP contribution is -2.47. The summed E-state index contributed by atoms with van der Waals surface area (Å²) in [6, 6.07) is 0. The van der Waals surface area contributed by atoms with Crippen LogP contribution in [0.2, 0.25) is 0 Å². The molecule has 0 unspecified atom stereocenters. The van der Waals surface area contributed by atoms with Crippen LogP contribution in [0.25, 0.3) is 0 Å². The Morgan fingerprint density at radius 2 is 2.07 bits per heavy atom. The van der Waals surface area contributed by atoms with Crippen molar-refractivity contribution in [2.24, 2.45) is 5.73 Å². The number of hydrogen-bond acceptors (Lipinski definition) is 4. The molecule has 5 heteroatoms. The number of amides is 1. The van der Waals surface area contributed by atoms with E-state index in [9.17, 15) is 4.79 Å². The van der Waals surface area contributed by atoms with Crippen molar-refractivity contribution >= 4 is 5.91 Å². The number of hydrogen-bond donors (Lipinski definition) is 1. The van der Waals surface area contributed by atoms with Gasteiger partial charge in [-0.05, 0) is 0 Å². The minimum absolute atomic E-state index is 0.0330. The molecule has 0 bridgehead atoms. The van der Waals surface area contributed by atoms with E-state index in [0.717, 1.165) is 12.8 Å². The molecule has 1 heterocycles. The molecule has 2 N–H and O–H groups in total. The number of carbonyl (C=O) groups excluding carboxylic acids is 1. The molecule has 88 valence electrons. The molecule has 1 fully saturated rings. The van der Waals surface area contributed by atoms with E-state index in [1.54, 1.807) is 14.1 Å². The lowest BCUT2D eigenvalue weighted by Gasteiger charge is -2.36. The van der Waals surface area contributed by atoms with Crippen molar-refractivity contribution in [3.8, 4) is 0 Å². The zero-order valence-electron chi connectivity index (χ0n) is 9.49. The largest absolute Gasteiger partial charge is 0.381 e. The zero-order chi connectivity index (χ0) is 11.3. The fourth-order valence-corrected chi connectivity index (χ4v) is 1.49. The molecule has 1 amide bonds. The second kappa shape index (κ2) is 5.44. The number of likely N-dealkylation sites (N-methyl/N-ethyl adjacent to an activating group) is 1. The SMILES string of the molecule is CN(C)C(=O)COC1(CN)CCOCC1. The Morgan fingerprint density at radius 3 is 2.53 bits per heavy atom. The van der Waals surface area contributed by atoms with Gasteiger partial charge >= 0.3 is 0 Å². The van der Waals surface area contributed by atoms with Gasteiger partial charge in [-0.15, -0.1) is 0 Å². The van der Waals surface area contributed by atoms with E-state index >= 15 is 0 Å². The molecule has 0 aromatic carbocycles. The maximum Gasteiger partial charge on any atom is 0.248 e. The first-order valence-electron chi connectivity index (χ1n) is 5.21. The normalized spacial score (nSPS) is 19.9. The Hall–Kier alpha value is -0.650. The smallest absolute Gasteiger partial charge is 0.248 e. The second-order valence-corrected chi connectivity index (χ2v) is 4.08. The summed E-state index contributed by atoms with van der Waals surface area (Å²) in [5.41, 5.74) is 5.34. The highest BCUT2D eigenvalue weighted by Crippen LogP contribution is 2.23. The monoisotopic (exact) mass is 216 g/mol. The second-order valence-electron chi connectivity index (χ2n) is 4.08. The fourth-order valence-electron chi connectivity index (χ4n) is 1.49. The van der Waals surface area contributed by atoms with Gasteiger partial charge < -0.3 is 20.1 Å². The molecule has 1 rings (SSSR count). The molecular formula is C10H20N2O3. The summed E-state index contributed by atoms with van der Waals surface area (Å²) in [6.07, 6.45) is 1.54. The van der Waals surface area contributed by atoms with Crippen LogP contribution in [0.4, 0.5) is 0 Å². The maximum absolute atomic E-state index is 11.4. The van der Waals surface area contributed by atoms with Crippen LogP contribution in [-0.2, 0) is 14.3 Å². The van der Waals surface area contributed by atoms with Crippen LogP contribution >= 0.6 is 0 Å². The van der Waals surface area contributed by atoms with Crippen molar-refractivity contribution in [3.63, 3.8) is 0 Å². The molecule has 0 aromatic rings. The molecule has 1 aliphatic heterocycles. The van der Waals surface area contributed by atoms with Gasteiger partial charge in [0.05, 0.1) is 5.60 Å². The summed E-state index contributed by atoms with van der Waals surface area (Å²) < 4.78 is 10.9. The molecule has 0 aromatic heterocycles.